The predicted octanol–water partition coefficient (Wildman–Crippen LogP) is 6.11. The van der Waals surface area contributed by atoms with E-state index in [0.29, 0.717) is 18.9 Å². The SMILES string of the molecule is CC1=CN(c2ccc(SC(F)(F)F)cc2)CN1Cc1ccnc(C(=O)N(C)c2ccccc2)c1. The van der Waals surface area contributed by atoms with Crippen molar-refractivity contribution in [3.63, 3.8) is 0 Å². The highest BCUT2D eigenvalue weighted by Gasteiger charge is 2.29. The quantitative estimate of drug-likeness (QED) is 0.395. The first-order valence-electron chi connectivity index (χ1n) is 10.5. The zero-order valence-corrected chi connectivity index (χ0v) is 19.5. The molecule has 3 aromatic rings. The van der Waals surface area contributed by atoms with Crippen LogP contribution in [0.5, 0.6) is 0 Å². The van der Waals surface area contributed by atoms with E-state index in [1.165, 1.54) is 12.1 Å². The summed E-state index contributed by atoms with van der Waals surface area (Å²) in [5.74, 6) is -0.194. The third-order valence-corrected chi connectivity index (χ3v) is 6.17. The fraction of sp³-hybridized carbons (Fsp3) is 0.200. The zero-order chi connectivity index (χ0) is 24.3. The smallest absolute Gasteiger partial charge is 0.351 e. The number of alkyl halides is 3. The van der Waals surface area contributed by atoms with Gasteiger partial charge in [0.05, 0.1) is 6.67 Å². The molecule has 9 heteroatoms. The highest BCUT2D eigenvalue weighted by molar-refractivity contribution is 8.00. The average Bonchev–Trinajstić information content (AvgIpc) is 3.18. The van der Waals surface area contributed by atoms with Gasteiger partial charge in [-0.15, -0.1) is 0 Å². The summed E-state index contributed by atoms with van der Waals surface area (Å²) in [5.41, 5.74) is -0.398. The van der Waals surface area contributed by atoms with E-state index in [2.05, 4.69) is 9.88 Å². The van der Waals surface area contributed by atoms with Crippen molar-refractivity contribution in [2.75, 3.05) is 23.5 Å². The number of hydrogen-bond acceptors (Lipinski definition) is 5. The molecule has 0 radical (unpaired) electrons. The molecule has 0 bridgehead atoms. The fourth-order valence-corrected chi connectivity index (χ4v) is 4.20. The third kappa shape index (κ3) is 5.72. The van der Waals surface area contributed by atoms with Crippen molar-refractivity contribution in [3.05, 3.63) is 96.1 Å². The maximum Gasteiger partial charge on any atom is 0.446 e. The Morgan fingerprint density at radius 3 is 2.47 bits per heavy atom. The number of hydrogen-bond donors (Lipinski definition) is 0. The minimum atomic E-state index is -4.30. The summed E-state index contributed by atoms with van der Waals surface area (Å²) < 4.78 is 37.7. The number of thioether (sulfide) groups is 1. The van der Waals surface area contributed by atoms with Crippen molar-refractivity contribution in [3.8, 4) is 0 Å². The summed E-state index contributed by atoms with van der Waals surface area (Å²) in [5, 5.41) is 0. The molecule has 5 nitrogen and oxygen atoms in total. The second-order valence-electron chi connectivity index (χ2n) is 7.87. The molecule has 176 valence electrons. The Bertz CT molecular complexity index is 1180. The van der Waals surface area contributed by atoms with E-state index in [9.17, 15) is 18.0 Å². The second kappa shape index (κ2) is 9.80. The topological polar surface area (TPSA) is 39.7 Å². The molecule has 0 fully saturated rings. The van der Waals surface area contributed by atoms with Gasteiger partial charge < -0.3 is 14.7 Å². The molecule has 34 heavy (non-hydrogen) atoms. The summed E-state index contributed by atoms with van der Waals surface area (Å²) in [7, 11) is 1.72. The molecule has 0 saturated heterocycles. The summed E-state index contributed by atoms with van der Waals surface area (Å²) in [6.07, 6.45) is 3.59. The van der Waals surface area contributed by atoms with E-state index >= 15 is 0 Å². The highest BCUT2D eigenvalue weighted by atomic mass is 32.2. The van der Waals surface area contributed by atoms with Gasteiger partial charge in [0.25, 0.3) is 5.91 Å². The Kier molecular flexibility index (Phi) is 6.83. The molecular weight excluding hydrogens is 461 g/mol. The van der Waals surface area contributed by atoms with Crippen LogP contribution in [-0.4, -0.2) is 35.0 Å². The van der Waals surface area contributed by atoms with Crippen LogP contribution in [0.15, 0.2) is 89.7 Å². The molecule has 1 aliphatic heterocycles. The lowest BCUT2D eigenvalue weighted by molar-refractivity contribution is -0.0328. The number of halogens is 3. The van der Waals surface area contributed by atoms with Crippen molar-refractivity contribution >= 4 is 29.0 Å². The second-order valence-corrected chi connectivity index (χ2v) is 9.01. The average molecular weight is 485 g/mol. The summed E-state index contributed by atoms with van der Waals surface area (Å²) in [6.45, 7) is 3.09. The first-order chi connectivity index (χ1) is 16.2. The number of aromatic nitrogens is 1. The van der Waals surface area contributed by atoms with Gasteiger partial charge in [-0.05, 0) is 72.8 Å². The first kappa shape index (κ1) is 23.7. The van der Waals surface area contributed by atoms with Gasteiger partial charge in [0.2, 0.25) is 0 Å². The Hall–Kier alpha value is -3.46. The lowest BCUT2D eigenvalue weighted by atomic mass is 10.2. The summed E-state index contributed by atoms with van der Waals surface area (Å²) in [6, 6.07) is 19.4. The lowest BCUT2D eigenvalue weighted by Crippen LogP contribution is -2.28. The van der Waals surface area contributed by atoms with E-state index in [4.69, 9.17) is 0 Å². The van der Waals surface area contributed by atoms with Crippen LogP contribution in [0, 0.1) is 0 Å². The largest absolute Gasteiger partial charge is 0.446 e. The zero-order valence-electron chi connectivity index (χ0n) is 18.7. The number of carbonyl (C=O) groups is 1. The van der Waals surface area contributed by atoms with Crippen LogP contribution in [-0.2, 0) is 6.54 Å². The molecule has 1 aromatic heterocycles. The minimum Gasteiger partial charge on any atom is -0.351 e. The minimum absolute atomic E-state index is 0.122. The Labute approximate surface area is 200 Å². The number of amides is 1. The van der Waals surface area contributed by atoms with Crippen LogP contribution >= 0.6 is 11.8 Å². The van der Waals surface area contributed by atoms with E-state index in [0.717, 1.165) is 22.6 Å². The number of carbonyl (C=O) groups excluding carboxylic acids is 1. The van der Waals surface area contributed by atoms with Gasteiger partial charge in [-0.1, -0.05) is 18.2 Å². The van der Waals surface area contributed by atoms with E-state index in [1.807, 2.05) is 54.4 Å². The van der Waals surface area contributed by atoms with E-state index < -0.39 is 5.51 Å². The lowest BCUT2D eigenvalue weighted by Gasteiger charge is -2.23. The number of para-hydroxylation sites is 1. The van der Waals surface area contributed by atoms with E-state index in [-0.39, 0.29) is 22.6 Å². The summed E-state index contributed by atoms with van der Waals surface area (Å²) >= 11 is -0.122. The van der Waals surface area contributed by atoms with Gasteiger partial charge in [-0.25, -0.2) is 0 Å². The number of rotatable bonds is 6. The number of anilines is 2. The van der Waals surface area contributed by atoms with Crippen molar-refractivity contribution in [2.45, 2.75) is 23.9 Å². The number of pyridine rings is 1. The monoisotopic (exact) mass is 484 g/mol. The maximum absolute atomic E-state index is 12.9. The third-order valence-electron chi connectivity index (χ3n) is 5.43. The maximum atomic E-state index is 12.9. The van der Waals surface area contributed by atoms with Gasteiger partial charge in [-0.2, -0.15) is 13.2 Å². The molecule has 2 aromatic carbocycles. The fourth-order valence-electron chi connectivity index (χ4n) is 3.66. The Morgan fingerprint density at radius 1 is 1.09 bits per heavy atom. The van der Waals surface area contributed by atoms with Crippen molar-refractivity contribution in [2.24, 2.45) is 0 Å². The molecule has 2 heterocycles. The Balaban J connectivity index is 1.42. The molecule has 0 spiro atoms. The van der Waals surface area contributed by atoms with Gasteiger partial charge >= 0.3 is 5.51 Å². The first-order valence-corrected chi connectivity index (χ1v) is 11.3. The molecule has 0 unspecified atom stereocenters. The molecule has 1 aliphatic rings. The van der Waals surface area contributed by atoms with Crippen LogP contribution in [0.3, 0.4) is 0 Å². The van der Waals surface area contributed by atoms with Crippen molar-refractivity contribution in [1.29, 1.82) is 0 Å². The van der Waals surface area contributed by atoms with Crippen LogP contribution < -0.4 is 9.80 Å². The molecule has 0 saturated carbocycles. The number of benzene rings is 2. The normalized spacial score (nSPS) is 13.7. The van der Waals surface area contributed by atoms with E-state index in [1.54, 1.807) is 36.3 Å². The Morgan fingerprint density at radius 2 is 1.79 bits per heavy atom. The van der Waals surface area contributed by atoms with Crippen LogP contribution in [0.1, 0.15) is 23.0 Å². The van der Waals surface area contributed by atoms with Gasteiger partial charge in [-0.3, -0.25) is 9.78 Å². The molecule has 1 amide bonds. The van der Waals surface area contributed by atoms with Gasteiger partial charge in [0.1, 0.15) is 5.69 Å². The molecule has 0 aliphatic carbocycles. The summed E-state index contributed by atoms with van der Waals surface area (Å²) in [4.78, 5) is 23.0. The van der Waals surface area contributed by atoms with Crippen molar-refractivity contribution in [1.82, 2.24) is 9.88 Å². The molecule has 4 rings (SSSR count). The predicted molar refractivity (Wildman–Crippen MR) is 128 cm³/mol. The van der Waals surface area contributed by atoms with Gasteiger partial charge in [0.15, 0.2) is 0 Å². The number of allylic oxidation sites excluding steroid dienone is 1. The highest BCUT2D eigenvalue weighted by Crippen LogP contribution is 2.37. The standard InChI is InChI=1S/C25H23F3N4OS/c1-18-15-32(21-8-10-22(11-9-21)34-25(26,27)28)17-31(18)16-19-12-13-29-23(14-19)24(33)30(2)20-6-4-3-5-7-20/h3-15H,16-17H2,1-2H3. The van der Waals surface area contributed by atoms with Crippen LogP contribution in [0.25, 0.3) is 0 Å². The number of nitrogens with zero attached hydrogens (tertiary/aromatic N) is 4. The van der Waals surface area contributed by atoms with Crippen LogP contribution in [0.2, 0.25) is 0 Å². The van der Waals surface area contributed by atoms with Crippen LogP contribution in [0.4, 0.5) is 24.5 Å². The molecular formula is C25H23F3N4OS. The van der Waals surface area contributed by atoms with Crippen molar-refractivity contribution < 1.29 is 18.0 Å². The van der Waals surface area contributed by atoms with Gasteiger partial charge in [0, 0.05) is 48.0 Å². The molecule has 0 atom stereocenters. The molecule has 0 N–H and O–H groups in total.